The van der Waals surface area contributed by atoms with E-state index < -0.39 is 23.5 Å². The summed E-state index contributed by atoms with van der Waals surface area (Å²) in [4.78, 5) is 32.9. The number of aliphatic hydroxyl groups excluding tert-OH is 1. The molecule has 1 aliphatic rings. The third kappa shape index (κ3) is 4.31. The number of pyridine rings is 1. The molecule has 3 heterocycles. The van der Waals surface area contributed by atoms with Crippen molar-refractivity contribution >= 4 is 34.3 Å². The van der Waals surface area contributed by atoms with Crippen LogP contribution in [0.5, 0.6) is 17.2 Å². The summed E-state index contributed by atoms with van der Waals surface area (Å²) in [6.45, 7) is 0.0254. The fraction of sp³-hybridized carbons (Fsp3) is 0.179. The van der Waals surface area contributed by atoms with Crippen LogP contribution in [0.4, 0.5) is 0 Å². The van der Waals surface area contributed by atoms with Crippen LogP contribution in [-0.2, 0) is 11.3 Å². The standard InChI is InChI=1S/C28H23ClN2O7/c1-35-21-12-16(13-22(36-2)27(21)37-3)24-23(25(32)20-11-15-10-17(29)7-8-19(15)38-20)26(33)28(34)31(24)14-18-6-4-5-9-30-18/h4-13,24,33H,14H2,1-3H3. The zero-order chi connectivity index (χ0) is 27.0. The van der Waals surface area contributed by atoms with E-state index in [4.69, 9.17) is 30.2 Å². The molecule has 2 aromatic heterocycles. The van der Waals surface area contributed by atoms with Crippen LogP contribution in [0.2, 0.25) is 5.02 Å². The minimum atomic E-state index is -1.01. The number of nitrogens with zero attached hydrogens (tertiary/aromatic N) is 2. The molecule has 1 amide bonds. The second kappa shape index (κ2) is 10.1. The first-order chi connectivity index (χ1) is 18.4. The van der Waals surface area contributed by atoms with Crippen LogP contribution in [-0.4, -0.2) is 48.0 Å². The monoisotopic (exact) mass is 534 g/mol. The Morgan fingerprint density at radius 1 is 1.05 bits per heavy atom. The number of methoxy groups -OCH3 is 3. The number of carbonyl (C=O) groups is 2. The summed E-state index contributed by atoms with van der Waals surface area (Å²) in [5.41, 5.74) is 1.32. The average Bonchev–Trinajstić information content (AvgIpc) is 3.46. The molecule has 1 unspecified atom stereocenters. The average molecular weight is 535 g/mol. The molecular weight excluding hydrogens is 512 g/mol. The second-order valence-electron chi connectivity index (χ2n) is 8.50. The van der Waals surface area contributed by atoms with Gasteiger partial charge in [-0.2, -0.15) is 0 Å². The van der Waals surface area contributed by atoms with E-state index in [1.807, 2.05) is 0 Å². The molecule has 0 aliphatic carbocycles. The Bertz CT molecular complexity index is 1550. The Hall–Kier alpha value is -4.50. The Morgan fingerprint density at radius 2 is 1.79 bits per heavy atom. The number of aromatic nitrogens is 1. The Kier molecular flexibility index (Phi) is 6.69. The van der Waals surface area contributed by atoms with Crippen molar-refractivity contribution in [2.24, 2.45) is 0 Å². The molecule has 5 rings (SSSR count). The van der Waals surface area contributed by atoms with E-state index in [2.05, 4.69) is 4.98 Å². The van der Waals surface area contributed by atoms with Gasteiger partial charge in [0.15, 0.2) is 23.0 Å². The Labute approximate surface area is 222 Å². The third-order valence-electron chi connectivity index (χ3n) is 6.31. The molecule has 0 radical (unpaired) electrons. The third-order valence-corrected chi connectivity index (χ3v) is 6.55. The Morgan fingerprint density at radius 3 is 2.42 bits per heavy atom. The number of rotatable bonds is 8. The van der Waals surface area contributed by atoms with Gasteiger partial charge in [-0.25, -0.2) is 0 Å². The van der Waals surface area contributed by atoms with Gasteiger partial charge in [-0.3, -0.25) is 14.6 Å². The van der Waals surface area contributed by atoms with Crippen LogP contribution in [0.15, 0.2) is 76.5 Å². The SMILES string of the molecule is COc1cc(C2C(C(=O)c3cc4cc(Cl)ccc4o3)=C(O)C(=O)N2Cc2ccccn2)cc(OC)c1OC. The van der Waals surface area contributed by atoms with Gasteiger partial charge in [0.05, 0.1) is 45.2 Å². The van der Waals surface area contributed by atoms with Crippen molar-refractivity contribution in [1.29, 1.82) is 0 Å². The molecule has 10 heteroatoms. The summed E-state index contributed by atoms with van der Waals surface area (Å²) in [7, 11) is 4.40. The van der Waals surface area contributed by atoms with Crippen molar-refractivity contribution in [3.63, 3.8) is 0 Å². The lowest BCUT2D eigenvalue weighted by Crippen LogP contribution is -2.31. The number of hydrogen-bond donors (Lipinski definition) is 1. The summed E-state index contributed by atoms with van der Waals surface area (Å²) in [6, 6.07) is 14.0. The maximum atomic E-state index is 13.8. The predicted octanol–water partition coefficient (Wildman–Crippen LogP) is 5.29. The first-order valence-corrected chi connectivity index (χ1v) is 11.9. The lowest BCUT2D eigenvalue weighted by atomic mass is 9.94. The van der Waals surface area contributed by atoms with Crippen LogP contribution in [0.1, 0.15) is 27.9 Å². The molecule has 0 saturated heterocycles. The smallest absolute Gasteiger partial charge is 0.290 e. The number of ketones is 1. The van der Waals surface area contributed by atoms with Gasteiger partial charge in [0.1, 0.15) is 5.58 Å². The van der Waals surface area contributed by atoms with Crippen molar-refractivity contribution < 1.29 is 33.3 Å². The highest BCUT2D eigenvalue weighted by Gasteiger charge is 2.45. The number of ether oxygens (including phenoxy) is 3. The topological polar surface area (TPSA) is 111 Å². The number of amides is 1. The normalized spacial score (nSPS) is 15.3. The van der Waals surface area contributed by atoms with Crippen molar-refractivity contribution in [2.75, 3.05) is 21.3 Å². The molecule has 38 heavy (non-hydrogen) atoms. The minimum Gasteiger partial charge on any atom is -0.503 e. The van der Waals surface area contributed by atoms with E-state index >= 15 is 0 Å². The molecular formula is C28H23ClN2O7. The van der Waals surface area contributed by atoms with Gasteiger partial charge in [-0.15, -0.1) is 0 Å². The van der Waals surface area contributed by atoms with Gasteiger partial charge in [0.2, 0.25) is 11.5 Å². The number of Topliss-reactive ketones (excluding diaryl/α,β-unsaturated/α-hetero) is 1. The summed E-state index contributed by atoms with van der Waals surface area (Å²) < 4.78 is 22.2. The van der Waals surface area contributed by atoms with Gasteiger partial charge in [0, 0.05) is 16.6 Å². The van der Waals surface area contributed by atoms with E-state index in [1.165, 1.54) is 32.3 Å². The maximum absolute atomic E-state index is 13.8. The predicted molar refractivity (Wildman–Crippen MR) is 139 cm³/mol. The molecule has 4 aromatic rings. The van der Waals surface area contributed by atoms with Crippen molar-refractivity contribution in [2.45, 2.75) is 12.6 Å². The molecule has 194 valence electrons. The van der Waals surface area contributed by atoms with Crippen LogP contribution < -0.4 is 14.2 Å². The second-order valence-corrected chi connectivity index (χ2v) is 8.94. The zero-order valence-corrected chi connectivity index (χ0v) is 21.5. The van der Waals surface area contributed by atoms with E-state index in [0.29, 0.717) is 44.5 Å². The molecule has 1 atom stereocenters. The number of furan rings is 1. The molecule has 0 bridgehead atoms. The van der Waals surface area contributed by atoms with Crippen molar-refractivity contribution in [3.8, 4) is 17.2 Å². The van der Waals surface area contributed by atoms with Gasteiger partial charge in [0.25, 0.3) is 5.91 Å². The number of fused-ring (bicyclic) bond motifs is 1. The largest absolute Gasteiger partial charge is 0.503 e. The number of carbonyl (C=O) groups excluding carboxylic acids is 2. The number of benzene rings is 2. The molecule has 9 nitrogen and oxygen atoms in total. The highest BCUT2D eigenvalue weighted by molar-refractivity contribution is 6.31. The van der Waals surface area contributed by atoms with E-state index in [1.54, 1.807) is 54.7 Å². The van der Waals surface area contributed by atoms with Crippen molar-refractivity contribution in [3.05, 3.63) is 94.2 Å². The van der Waals surface area contributed by atoms with Gasteiger partial charge in [-0.1, -0.05) is 17.7 Å². The molecule has 2 aromatic carbocycles. The molecule has 1 N–H and O–H groups in total. The molecule has 0 fully saturated rings. The van der Waals surface area contributed by atoms with E-state index in [9.17, 15) is 14.7 Å². The molecule has 0 spiro atoms. The van der Waals surface area contributed by atoms with E-state index in [-0.39, 0.29) is 17.9 Å². The summed E-state index contributed by atoms with van der Waals surface area (Å²) in [6.07, 6.45) is 1.60. The number of halogens is 1. The first kappa shape index (κ1) is 25.2. The minimum absolute atomic E-state index is 0.0254. The lowest BCUT2D eigenvalue weighted by molar-refractivity contribution is -0.130. The Balaban J connectivity index is 1.67. The van der Waals surface area contributed by atoms with Crippen molar-refractivity contribution in [1.82, 2.24) is 9.88 Å². The molecule has 1 aliphatic heterocycles. The number of aliphatic hydroxyl groups is 1. The maximum Gasteiger partial charge on any atom is 0.290 e. The van der Waals surface area contributed by atoms with E-state index in [0.717, 1.165) is 0 Å². The van der Waals surface area contributed by atoms with Gasteiger partial charge >= 0.3 is 0 Å². The van der Waals surface area contributed by atoms with Gasteiger partial charge in [-0.05, 0) is 54.1 Å². The summed E-state index contributed by atoms with van der Waals surface area (Å²) in [5.74, 6) is -1.11. The quantitative estimate of drug-likeness (QED) is 0.304. The highest BCUT2D eigenvalue weighted by atomic mass is 35.5. The molecule has 0 saturated carbocycles. The van der Waals surface area contributed by atoms with Crippen LogP contribution in [0.25, 0.3) is 11.0 Å². The number of hydrogen-bond acceptors (Lipinski definition) is 8. The van der Waals surface area contributed by atoms with Crippen LogP contribution in [0.3, 0.4) is 0 Å². The fourth-order valence-electron chi connectivity index (χ4n) is 4.58. The summed E-state index contributed by atoms with van der Waals surface area (Å²) in [5, 5.41) is 12.1. The van der Waals surface area contributed by atoms with Crippen LogP contribution in [0, 0.1) is 0 Å². The first-order valence-electron chi connectivity index (χ1n) is 11.5. The van der Waals surface area contributed by atoms with Gasteiger partial charge < -0.3 is 28.6 Å². The fourth-order valence-corrected chi connectivity index (χ4v) is 4.76. The van der Waals surface area contributed by atoms with Crippen LogP contribution >= 0.6 is 11.6 Å². The summed E-state index contributed by atoms with van der Waals surface area (Å²) >= 11 is 6.09. The lowest BCUT2D eigenvalue weighted by Gasteiger charge is -2.27. The highest BCUT2D eigenvalue weighted by Crippen LogP contribution is 2.46. The zero-order valence-electron chi connectivity index (χ0n) is 20.7.